The van der Waals surface area contributed by atoms with Gasteiger partial charge in [0.1, 0.15) is 17.6 Å². The Morgan fingerprint density at radius 1 is 1.14 bits per heavy atom. The van der Waals surface area contributed by atoms with Crippen LogP contribution in [0.5, 0.6) is 5.75 Å². The third kappa shape index (κ3) is 6.31. The van der Waals surface area contributed by atoms with Gasteiger partial charge in [-0.3, -0.25) is 9.59 Å². The first-order valence-corrected chi connectivity index (χ1v) is 9.93. The van der Waals surface area contributed by atoms with Crippen molar-refractivity contribution in [2.75, 3.05) is 13.7 Å². The summed E-state index contributed by atoms with van der Waals surface area (Å²) in [7, 11) is 1.58. The highest BCUT2D eigenvalue weighted by Gasteiger charge is 2.29. The smallest absolute Gasteiger partial charge is 0.242 e. The first-order chi connectivity index (χ1) is 14.0. The van der Waals surface area contributed by atoms with E-state index in [2.05, 4.69) is 5.32 Å². The topological polar surface area (TPSA) is 58.6 Å². The van der Waals surface area contributed by atoms with E-state index in [1.807, 2.05) is 38.1 Å². The lowest BCUT2D eigenvalue weighted by atomic mass is 10.1. The summed E-state index contributed by atoms with van der Waals surface area (Å²) in [6.45, 7) is 4.62. The molecule has 0 saturated carbocycles. The van der Waals surface area contributed by atoms with Gasteiger partial charge in [-0.2, -0.15) is 0 Å². The number of hydrogen-bond acceptors (Lipinski definition) is 3. The van der Waals surface area contributed by atoms with E-state index in [0.29, 0.717) is 24.3 Å². The van der Waals surface area contributed by atoms with Crippen molar-refractivity contribution in [1.82, 2.24) is 10.2 Å². The summed E-state index contributed by atoms with van der Waals surface area (Å²) >= 11 is 0. The van der Waals surface area contributed by atoms with Gasteiger partial charge in [0.05, 0.1) is 13.5 Å². The summed E-state index contributed by atoms with van der Waals surface area (Å²) < 4.78 is 19.3. The molecule has 0 aliphatic rings. The monoisotopic (exact) mass is 400 g/mol. The number of hydrogen-bond donors (Lipinski definition) is 1. The van der Waals surface area contributed by atoms with Gasteiger partial charge in [-0.25, -0.2) is 4.39 Å². The van der Waals surface area contributed by atoms with Gasteiger partial charge in [-0.15, -0.1) is 0 Å². The van der Waals surface area contributed by atoms with Crippen LogP contribution in [0.4, 0.5) is 4.39 Å². The van der Waals surface area contributed by atoms with Crippen molar-refractivity contribution in [3.63, 3.8) is 0 Å². The van der Waals surface area contributed by atoms with Gasteiger partial charge in [0.25, 0.3) is 0 Å². The quantitative estimate of drug-likeness (QED) is 0.661. The van der Waals surface area contributed by atoms with Crippen molar-refractivity contribution in [3.05, 3.63) is 65.5 Å². The van der Waals surface area contributed by atoms with Crippen molar-refractivity contribution < 1.29 is 18.7 Å². The molecule has 0 heterocycles. The maximum Gasteiger partial charge on any atom is 0.242 e. The van der Waals surface area contributed by atoms with Gasteiger partial charge < -0.3 is 15.0 Å². The first-order valence-electron chi connectivity index (χ1n) is 9.93. The van der Waals surface area contributed by atoms with Crippen LogP contribution in [-0.2, 0) is 22.6 Å². The molecule has 0 spiro atoms. The van der Waals surface area contributed by atoms with Gasteiger partial charge in [0, 0.05) is 13.1 Å². The molecule has 156 valence electrons. The minimum Gasteiger partial charge on any atom is -0.497 e. The number of carbonyl (C=O) groups is 2. The molecule has 2 rings (SSSR count). The zero-order valence-corrected chi connectivity index (χ0v) is 17.3. The molecule has 29 heavy (non-hydrogen) atoms. The normalized spacial score (nSPS) is 11.6. The summed E-state index contributed by atoms with van der Waals surface area (Å²) in [6, 6.07) is 12.9. The van der Waals surface area contributed by atoms with E-state index in [4.69, 9.17) is 4.74 Å². The Morgan fingerprint density at radius 3 is 2.55 bits per heavy atom. The molecule has 0 aromatic heterocycles. The summed E-state index contributed by atoms with van der Waals surface area (Å²) in [4.78, 5) is 27.4. The van der Waals surface area contributed by atoms with Crippen LogP contribution >= 0.6 is 0 Å². The number of rotatable bonds is 10. The Kier molecular flexibility index (Phi) is 8.65. The van der Waals surface area contributed by atoms with Crippen LogP contribution in [0.25, 0.3) is 0 Å². The van der Waals surface area contributed by atoms with Crippen molar-refractivity contribution in [3.8, 4) is 5.75 Å². The van der Waals surface area contributed by atoms with E-state index in [1.54, 1.807) is 25.3 Å². The number of nitrogens with zero attached hydrogens (tertiary/aromatic N) is 1. The molecule has 1 atom stereocenters. The molecule has 0 fully saturated rings. The molecule has 0 radical (unpaired) electrons. The standard InChI is InChI=1S/C23H29FN2O3/c1-4-13-25-23(28)21(5-2)26(16-17-9-8-11-19(14-17)29-3)22(27)15-18-10-6-7-12-20(18)24/h6-12,14,21H,4-5,13,15-16H2,1-3H3,(H,25,28)/t21-/m0/s1. The second-order valence-corrected chi connectivity index (χ2v) is 6.86. The molecule has 2 amide bonds. The number of methoxy groups -OCH3 is 1. The second kappa shape index (κ2) is 11.2. The average molecular weight is 400 g/mol. The van der Waals surface area contributed by atoms with Crippen molar-refractivity contribution in [2.45, 2.75) is 45.7 Å². The fourth-order valence-electron chi connectivity index (χ4n) is 3.16. The lowest BCUT2D eigenvalue weighted by Gasteiger charge is -2.31. The first kappa shape index (κ1) is 22.4. The number of nitrogens with one attached hydrogen (secondary N) is 1. The van der Waals surface area contributed by atoms with Crippen LogP contribution in [0, 0.1) is 5.82 Å². The third-order valence-corrected chi connectivity index (χ3v) is 4.72. The third-order valence-electron chi connectivity index (χ3n) is 4.72. The fourth-order valence-corrected chi connectivity index (χ4v) is 3.16. The van der Waals surface area contributed by atoms with Crippen LogP contribution in [0.1, 0.15) is 37.8 Å². The van der Waals surface area contributed by atoms with E-state index >= 15 is 0 Å². The molecule has 1 N–H and O–H groups in total. The molecular weight excluding hydrogens is 371 g/mol. The molecular formula is C23H29FN2O3. The van der Waals surface area contributed by atoms with Gasteiger partial charge in [-0.1, -0.05) is 44.2 Å². The van der Waals surface area contributed by atoms with Gasteiger partial charge in [0.2, 0.25) is 11.8 Å². The van der Waals surface area contributed by atoms with Crippen LogP contribution in [0.2, 0.25) is 0 Å². The lowest BCUT2D eigenvalue weighted by molar-refractivity contribution is -0.141. The molecule has 0 bridgehead atoms. The van der Waals surface area contributed by atoms with Crippen LogP contribution in [-0.4, -0.2) is 36.4 Å². The summed E-state index contributed by atoms with van der Waals surface area (Å²) in [5, 5.41) is 2.87. The maximum atomic E-state index is 14.1. The Balaban J connectivity index is 2.30. The SMILES string of the molecule is CCCNC(=O)[C@H](CC)N(Cc1cccc(OC)c1)C(=O)Cc1ccccc1F. The Bertz CT molecular complexity index is 825. The highest BCUT2D eigenvalue weighted by atomic mass is 19.1. The number of halogens is 1. The maximum absolute atomic E-state index is 14.1. The molecule has 5 nitrogen and oxygen atoms in total. The largest absolute Gasteiger partial charge is 0.497 e. The molecule has 0 saturated heterocycles. The predicted molar refractivity (Wildman–Crippen MR) is 111 cm³/mol. The van der Waals surface area contributed by atoms with E-state index in [-0.39, 0.29) is 24.8 Å². The van der Waals surface area contributed by atoms with E-state index < -0.39 is 11.9 Å². The Labute approximate surface area is 171 Å². The number of ether oxygens (including phenoxy) is 1. The highest BCUT2D eigenvalue weighted by molar-refractivity contribution is 5.88. The second-order valence-electron chi connectivity index (χ2n) is 6.86. The summed E-state index contributed by atoms with van der Waals surface area (Å²) in [6.07, 6.45) is 1.16. The van der Waals surface area contributed by atoms with E-state index in [0.717, 1.165) is 12.0 Å². The van der Waals surface area contributed by atoms with Gasteiger partial charge in [-0.05, 0) is 42.2 Å². The van der Waals surface area contributed by atoms with Gasteiger partial charge >= 0.3 is 0 Å². The highest BCUT2D eigenvalue weighted by Crippen LogP contribution is 2.19. The summed E-state index contributed by atoms with van der Waals surface area (Å²) in [5.41, 5.74) is 1.16. The fraction of sp³-hybridized carbons (Fsp3) is 0.391. The molecule has 0 aliphatic heterocycles. The van der Waals surface area contributed by atoms with E-state index in [1.165, 1.54) is 11.0 Å². The van der Waals surface area contributed by atoms with Crippen LogP contribution in [0.3, 0.4) is 0 Å². The number of benzene rings is 2. The number of carbonyl (C=O) groups excluding carboxylic acids is 2. The number of amides is 2. The Morgan fingerprint density at radius 2 is 1.90 bits per heavy atom. The van der Waals surface area contributed by atoms with Crippen molar-refractivity contribution in [1.29, 1.82) is 0 Å². The average Bonchev–Trinajstić information content (AvgIpc) is 2.73. The zero-order chi connectivity index (χ0) is 21.2. The predicted octanol–water partition coefficient (Wildman–Crippen LogP) is 3.71. The van der Waals surface area contributed by atoms with Crippen LogP contribution < -0.4 is 10.1 Å². The Hall–Kier alpha value is -2.89. The van der Waals surface area contributed by atoms with Crippen LogP contribution in [0.15, 0.2) is 48.5 Å². The molecule has 2 aromatic carbocycles. The molecule has 6 heteroatoms. The molecule has 0 unspecified atom stereocenters. The van der Waals surface area contributed by atoms with Crippen molar-refractivity contribution >= 4 is 11.8 Å². The minimum atomic E-state index is -0.632. The lowest BCUT2D eigenvalue weighted by Crippen LogP contribution is -2.49. The summed E-state index contributed by atoms with van der Waals surface area (Å²) in [5.74, 6) is -0.242. The van der Waals surface area contributed by atoms with Gasteiger partial charge in [0.15, 0.2) is 0 Å². The van der Waals surface area contributed by atoms with Crippen molar-refractivity contribution in [2.24, 2.45) is 0 Å². The van der Waals surface area contributed by atoms with E-state index in [9.17, 15) is 14.0 Å². The minimum absolute atomic E-state index is 0.103. The molecule has 0 aliphatic carbocycles. The molecule has 2 aromatic rings. The zero-order valence-electron chi connectivity index (χ0n) is 17.3.